The Morgan fingerprint density at radius 2 is 2.00 bits per heavy atom. The van der Waals surface area contributed by atoms with Crippen LogP contribution < -0.4 is 10.1 Å². The van der Waals surface area contributed by atoms with Crippen LogP contribution in [0.4, 0.5) is 14.5 Å². The maximum Gasteiger partial charge on any atom is 0.234 e. The van der Waals surface area contributed by atoms with Gasteiger partial charge in [0.2, 0.25) is 5.91 Å². The summed E-state index contributed by atoms with van der Waals surface area (Å²) in [6.07, 6.45) is 0. The number of amides is 1. The number of nitrogens with zero attached hydrogens (tertiary/aromatic N) is 3. The molecule has 0 aliphatic carbocycles. The van der Waals surface area contributed by atoms with Gasteiger partial charge >= 0.3 is 0 Å². The van der Waals surface area contributed by atoms with Gasteiger partial charge in [-0.2, -0.15) is 0 Å². The molecular formula is C20H19BrF2N4O2S. The van der Waals surface area contributed by atoms with Gasteiger partial charge in [-0.25, -0.2) is 8.78 Å². The summed E-state index contributed by atoms with van der Waals surface area (Å²) in [5.41, 5.74) is 2.08. The van der Waals surface area contributed by atoms with Gasteiger partial charge < -0.3 is 14.6 Å². The fraction of sp³-hybridized carbons (Fsp3) is 0.250. The van der Waals surface area contributed by atoms with Crippen molar-refractivity contribution < 1.29 is 18.3 Å². The molecule has 0 radical (unpaired) electrons. The summed E-state index contributed by atoms with van der Waals surface area (Å²) < 4.78 is 34.7. The van der Waals surface area contributed by atoms with Crippen molar-refractivity contribution in [1.82, 2.24) is 14.8 Å². The van der Waals surface area contributed by atoms with Crippen LogP contribution in [0.15, 0.2) is 40.0 Å². The van der Waals surface area contributed by atoms with Gasteiger partial charge in [0, 0.05) is 17.6 Å². The first-order chi connectivity index (χ1) is 14.2. The number of hydrogen-bond acceptors (Lipinski definition) is 5. The van der Waals surface area contributed by atoms with Crippen molar-refractivity contribution in [2.75, 3.05) is 11.1 Å². The van der Waals surface area contributed by atoms with Gasteiger partial charge in [0.05, 0.1) is 11.4 Å². The predicted octanol–water partition coefficient (Wildman–Crippen LogP) is 4.78. The molecule has 0 saturated heterocycles. The third kappa shape index (κ3) is 5.37. The monoisotopic (exact) mass is 496 g/mol. The Labute approximate surface area is 185 Å². The summed E-state index contributed by atoms with van der Waals surface area (Å²) in [5, 5.41) is 11.1. The Morgan fingerprint density at radius 3 is 2.70 bits per heavy atom. The lowest BCUT2D eigenvalue weighted by Crippen LogP contribution is -2.16. The van der Waals surface area contributed by atoms with Crippen LogP contribution in [0.2, 0.25) is 0 Å². The van der Waals surface area contributed by atoms with Crippen LogP contribution in [0.1, 0.15) is 17.0 Å². The number of carbonyl (C=O) groups excluding carboxylic acids is 1. The zero-order valence-electron chi connectivity index (χ0n) is 16.5. The molecule has 0 spiro atoms. The van der Waals surface area contributed by atoms with E-state index in [9.17, 15) is 13.6 Å². The van der Waals surface area contributed by atoms with Crippen LogP contribution in [0.5, 0.6) is 5.75 Å². The van der Waals surface area contributed by atoms with Gasteiger partial charge in [0.1, 0.15) is 18.2 Å². The van der Waals surface area contributed by atoms with E-state index in [0.717, 1.165) is 34.7 Å². The number of aryl methyl sites for hydroxylation is 2. The number of aromatic nitrogens is 3. The summed E-state index contributed by atoms with van der Waals surface area (Å²) in [4.78, 5) is 12.2. The van der Waals surface area contributed by atoms with Crippen molar-refractivity contribution in [2.45, 2.75) is 25.6 Å². The number of anilines is 1. The lowest BCUT2D eigenvalue weighted by atomic mass is 10.1. The normalized spacial score (nSPS) is 10.9. The molecule has 0 saturated carbocycles. The van der Waals surface area contributed by atoms with Crippen molar-refractivity contribution in [3.05, 3.63) is 63.4 Å². The SMILES string of the molecule is Cc1ccc(OCc2nnc(SCC(=O)Nc3c(F)cc(F)cc3Br)n2C)c(C)c1. The highest BCUT2D eigenvalue weighted by molar-refractivity contribution is 9.10. The fourth-order valence-corrected chi connectivity index (χ4v) is 3.90. The molecule has 0 aliphatic rings. The Kier molecular flexibility index (Phi) is 7.09. The zero-order chi connectivity index (χ0) is 21.8. The van der Waals surface area contributed by atoms with E-state index < -0.39 is 17.5 Å². The van der Waals surface area contributed by atoms with Crippen molar-refractivity contribution in [3.63, 3.8) is 0 Å². The van der Waals surface area contributed by atoms with Crippen LogP contribution in [0.3, 0.4) is 0 Å². The van der Waals surface area contributed by atoms with Gasteiger partial charge in [-0.1, -0.05) is 29.5 Å². The third-order valence-electron chi connectivity index (χ3n) is 4.22. The molecule has 6 nitrogen and oxygen atoms in total. The van der Waals surface area contributed by atoms with Gasteiger partial charge in [-0.15, -0.1) is 10.2 Å². The molecular weight excluding hydrogens is 478 g/mol. The minimum Gasteiger partial charge on any atom is -0.485 e. The third-order valence-corrected chi connectivity index (χ3v) is 5.86. The van der Waals surface area contributed by atoms with Gasteiger partial charge in [-0.3, -0.25) is 4.79 Å². The molecule has 158 valence electrons. The van der Waals surface area contributed by atoms with E-state index in [0.29, 0.717) is 17.0 Å². The number of halogens is 3. The van der Waals surface area contributed by atoms with E-state index in [1.165, 1.54) is 0 Å². The quantitative estimate of drug-likeness (QED) is 0.476. The predicted molar refractivity (Wildman–Crippen MR) is 115 cm³/mol. The number of rotatable bonds is 7. The maximum absolute atomic E-state index is 13.8. The first-order valence-electron chi connectivity index (χ1n) is 8.90. The average molecular weight is 497 g/mol. The molecule has 0 aliphatic heterocycles. The van der Waals surface area contributed by atoms with E-state index in [1.54, 1.807) is 11.6 Å². The van der Waals surface area contributed by atoms with Crippen LogP contribution in [-0.2, 0) is 18.4 Å². The van der Waals surface area contributed by atoms with E-state index in [1.807, 2.05) is 32.0 Å². The van der Waals surface area contributed by atoms with Crippen LogP contribution in [0, 0.1) is 25.5 Å². The molecule has 1 N–H and O–H groups in total. The summed E-state index contributed by atoms with van der Waals surface area (Å²) in [5.74, 6) is -0.699. The molecule has 0 atom stereocenters. The smallest absolute Gasteiger partial charge is 0.234 e. The highest BCUT2D eigenvalue weighted by atomic mass is 79.9. The van der Waals surface area contributed by atoms with E-state index >= 15 is 0 Å². The first-order valence-corrected chi connectivity index (χ1v) is 10.7. The Morgan fingerprint density at radius 1 is 1.23 bits per heavy atom. The van der Waals surface area contributed by atoms with E-state index in [2.05, 4.69) is 31.4 Å². The highest BCUT2D eigenvalue weighted by Crippen LogP contribution is 2.27. The highest BCUT2D eigenvalue weighted by Gasteiger charge is 2.15. The van der Waals surface area contributed by atoms with Crippen LogP contribution in [-0.4, -0.2) is 26.4 Å². The molecule has 0 fully saturated rings. The van der Waals surface area contributed by atoms with Crippen molar-refractivity contribution >= 4 is 39.3 Å². The van der Waals surface area contributed by atoms with Gasteiger partial charge in [0.25, 0.3) is 0 Å². The minimum atomic E-state index is -0.857. The molecule has 3 aromatic rings. The Balaban J connectivity index is 1.58. The number of nitrogens with one attached hydrogen (secondary N) is 1. The minimum absolute atomic E-state index is 0.0207. The van der Waals surface area contributed by atoms with Gasteiger partial charge in [0.15, 0.2) is 16.8 Å². The van der Waals surface area contributed by atoms with Crippen molar-refractivity contribution in [3.8, 4) is 5.75 Å². The summed E-state index contributed by atoms with van der Waals surface area (Å²) in [6, 6.07) is 7.71. The molecule has 30 heavy (non-hydrogen) atoms. The number of carbonyl (C=O) groups is 1. The standard InChI is InChI=1S/C20H19BrF2N4O2S/c1-11-4-5-16(12(2)6-11)29-9-17-25-26-20(27(17)3)30-10-18(28)24-19-14(21)7-13(22)8-15(19)23/h4-8H,9-10H2,1-3H3,(H,24,28). The molecule has 3 rings (SSSR count). The zero-order valence-corrected chi connectivity index (χ0v) is 18.9. The molecule has 10 heteroatoms. The second-order valence-corrected chi connectivity index (χ2v) is 8.39. The molecule has 1 aromatic heterocycles. The van der Waals surface area contributed by atoms with Crippen molar-refractivity contribution in [1.29, 1.82) is 0 Å². The van der Waals surface area contributed by atoms with E-state index in [4.69, 9.17) is 4.74 Å². The topological polar surface area (TPSA) is 69.0 Å². The Hall–Kier alpha value is -2.46. The van der Waals surface area contributed by atoms with E-state index in [-0.39, 0.29) is 22.5 Å². The second kappa shape index (κ2) is 9.57. The first kappa shape index (κ1) is 22.2. The summed E-state index contributed by atoms with van der Waals surface area (Å²) in [7, 11) is 1.77. The number of hydrogen-bond donors (Lipinski definition) is 1. The number of ether oxygens (including phenoxy) is 1. The fourth-order valence-electron chi connectivity index (χ4n) is 2.67. The van der Waals surface area contributed by atoms with Crippen molar-refractivity contribution in [2.24, 2.45) is 7.05 Å². The summed E-state index contributed by atoms with van der Waals surface area (Å²) in [6.45, 7) is 4.22. The molecule has 0 unspecified atom stereocenters. The summed E-state index contributed by atoms with van der Waals surface area (Å²) >= 11 is 4.19. The van der Waals surface area contributed by atoms with Crippen LogP contribution >= 0.6 is 27.7 Å². The number of benzene rings is 2. The lowest BCUT2D eigenvalue weighted by Gasteiger charge is -2.10. The second-order valence-electron chi connectivity index (χ2n) is 6.60. The van der Waals surface area contributed by atoms with Gasteiger partial charge in [-0.05, 0) is 47.5 Å². The Bertz CT molecular complexity index is 1070. The molecule has 1 amide bonds. The lowest BCUT2D eigenvalue weighted by molar-refractivity contribution is -0.113. The number of thioether (sulfide) groups is 1. The molecule has 1 heterocycles. The maximum atomic E-state index is 13.8. The average Bonchev–Trinajstić information content (AvgIpc) is 3.02. The largest absolute Gasteiger partial charge is 0.485 e. The molecule has 0 bridgehead atoms. The van der Waals surface area contributed by atoms with Crippen LogP contribution in [0.25, 0.3) is 0 Å². The molecule has 2 aromatic carbocycles.